The number of hydrogen-bond acceptors (Lipinski definition) is 3. The first-order valence-electron chi connectivity index (χ1n) is 9.27. The third-order valence-corrected chi connectivity index (χ3v) is 6.55. The highest BCUT2D eigenvalue weighted by atomic mass is 35.5. The van der Waals surface area contributed by atoms with E-state index in [0.717, 1.165) is 16.8 Å². The van der Waals surface area contributed by atoms with Gasteiger partial charge in [0, 0.05) is 27.8 Å². The molecule has 0 amide bonds. The number of anilines is 1. The Bertz CT molecular complexity index is 1150. The molecule has 0 radical (unpaired) electrons. The highest BCUT2D eigenvalue weighted by Crippen LogP contribution is 2.25. The van der Waals surface area contributed by atoms with Crippen molar-refractivity contribution in [1.82, 2.24) is 0 Å². The standard InChI is InChI=1S/C23H21Cl2NO2S2/c1-15-7-16(2)9-18(8-15)11-22(29)10-17-3-5-23(6-4-17)30(27,28)26-21-13-19(24)12-20(25)14-21/h3-9,12-14,26H,10-11H2,1-2H3. The second kappa shape index (κ2) is 9.48. The minimum atomic E-state index is -3.75. The third kappa shape index (κ3) is 6.29. The van der Waals surface area contributed by atoms with Crippen LogP contribution in [0.2, 0.25) is 10.0 Å². The van der Waals surface area contributed by atoms with E-state index < -0.39 is 10.0 Å². The summed E-state index contributed by atoms with van der Waals surface area (Å²) in [7, 11) is -3.75. The van der Waals surface area contributed by atoms with E-state index in [1.165, 1.54) is 34.9 Å². The van der Waals surface area contributed by atoms with Crippen LogP contribution in [-0.4, -0.2) is 13.3 Å². The number of aryl methyl sites for hydroxylation is 2. The van der Waals surface area contributed by atoms with Crippen molar-refractivity contribution in [3.63, 3.8) is 0 Å². The van der Waals surface area contributed by atoms with E-state index in [1.54, 1.807) is 24.3 Å². The zero-order valence-corrected chi connectivity index (χ0v) is 19.7. The third-order valence-electron chi connectivity index (χ3n) is 4.43. The van der Waals surface area contributed by atoms with Crippen molar-refractivity contribution in [2.45, 2.75) is 31.6 Å². The van der Waals surface area contributed by atoms with Gasteiger partial charge in [0.1, 0.15) is 0 Å². The molecule has 0 aliphatic carbocycles. The smallest absolute Gasteiger partial charge is 0.261 e. The van der Waals surface area contributed by atoms with E-state index in [-0.39, 0.29) is 4.90 Å². The Kier molecular flexibility index (Phi) is 7.19. The zero-order chi connectivity index (χ0) is 21.9. The maximum Gasteiger partial charge on any atom is 0.261 e. The van der Waals surface area contributed by atoms with Crippen molar-refractivity contribution in [2.75, 3.05) is 4.72 Å². The van der Waals surface area contributed by atoms with E-state index >= 15 is 0 Å². The molecule has 0 saturated heterocycles. The molecule has 0 spiro atoms. The van der Waals surface area contributed by atoms with Crippen LogP contribution in [0.15, 0.2) is 65.6 Å². The van der Waals surface area contributed by atoms with Crippen LogP contribution < -0.4 is 4.72 Å². The molecule has 7 heteroatoms. The Hall–Kier alpha value is -1.92. The summed E-state index contributed by atoms with van der Waals surface area (Å²) in [6, 6.07) is 17.7. The zero-order valence-electron chi connectivity index (χ0n) is 16.6. The number of nitrogens with one attached hydrogen (secondary N) is 1. The van der Waals surface area contributed by atoms with Crippen LogP contribution in [0, 0.1) is 13.8 Å². The Labute approximate surface area is 193 Å². The van der Waals surface area contributed by atoms with Crippen molar-refractivity contribution >= 4 is 56.0 Å². The first kappa shape index (κ1) is 22.8. The number of benzene rings is 3. The number of rotatable bonds is 7. The van der Waals surface area contributed by atoms with Crippen LogP contribution >= 0.6 is 35.4 Å². The van der Waals surface area contributed by atoms with Crippen molar-refractivity contribution in [2.24, 2.45) is 0 Å². The lowest BCUT2D eigenvalue weighted by Crippen LogP contribution is -2.13. The molecule has 3 aromatic carbocycles. The van der Waals surface area contributed by atoms with Crippen molar-refractivity contribution in [3.05, 3.63) is 93.0 Å². The van der Waals surface area contributed by atoms with Crippen LogP contribution in [0.1, 0.15) is 22.3 Å². The predicted octanol–water partition coefficient (Wildman–Crippen LogP) is 6.57. The highest BCUT2D eigenvalue weighted by molar-refractivity contribution is 7.92. The molecule has 0 heterocycles. The van der Waals surface area contributed by atoms with E-state index in [2.05, 4.69) is 36.8 Å². The maximum atomic E-state index is 12.6. The summed E-state index contributed by atoms with van der Waals surface area (Å²) in [5.74, 6) is 0. The van der Waals surface area contributed by atoms with Crippen LogP contribution in [0.5, 0.6) is 0 Å². The van der Waals surface area contributed by atoms with Gasteiger partial charge in [-0.15, -0.1) is 0 Å². The average Bonchev–Trinajstić information content (AvgIpc) is 2.59. The maximum absolute atomic E-state index is 12.6. The van der Waals surface area contributed by atoms with Gasteiger partial charge in [0.25, 0.3) is 10.0 Å². The summed E-state index contributed by atoms with van der Waals surface area (Å²) in [6.07, 6.45) is 1.33. The summed E-state index contributed by atoms with van der Waals surface area (Å²) in [6.45, 7) is 4.15. The summed E-state index contributed by atoms with van der Waals surface area (Å²) >= 11 is 17.4. The Morgan fingerprint density at radius 1 is 0.833 bits per heavy atom. The van der Waals surface area contributed by atoms with E-state index in [0.29, 0.717) is 22.2 Å². The lowest BCUT2D eigenvalue weighted by molar-refractivity contribution is 0.601. The first-order valence-corrected chi connectivity index (χ1v) is 11.9. The normalized spacial score (nSPS) is 11.3. The van der Waals surface area contributed by atoms with Gasteiger partial charge in [0.05, 0.1) is 10.6 Å². The molecule has 1 N–H and O–H groups in total. The molecular weight excluding hydrogens is 457 g/mol. The lowest BCUT2D eigenvalue weighted by Gasteiger charge is -2.10. The summed E-state index contributed by atoms with van der Waals surface area (Å²) in [5, 5.41) is 0.709. The molecule has 156 valence electrons. The van der Waals surface area contributed by atoms with Crippen molar-refractivity contribution in [3.8, 4) is 0 Å². The summed E-state index contributed by atoms with van der Waals surface area (Å²) in [4.78, 5) is 1.06. The molecule has 3 aromatic rings. The molecule has 0 saturated carbocycles. The Balaban J connectivity index is 1.68. The summed E-state index contributed by atoms with van der Waals surface area (Å²) < 4.78 is 27.8. The quantitative estimate of drug-likeness (QED) is 0.391. The predicted molar refractivity (Wildman–Crippen MR) is 130 cm³/mol. The van der Waals surface area contributed by atoms with Crippen molar-refractivity contribution < 1.29 is 8.42 Å². The molecule has 30 heavy (non-hydrogen) atoms. The molecule has 3 nitrogen and oxygen atoms in total. The molecular formula is C23H21Cl2NO2S2. The highest BCUT2D eigenvalue weighted by Gasteiger charge is 2.15. The van der Waals surface area contributed by atoms with E-state index in [4.69, 9.17) is 35.4 Å². The summed E-state index contributed by atoms with van der Waals surface area (Å²) in [5.41, 5.74) is 4.91. The van der Waals surface area contributed by atoms with Gasteiger partial charge >= 0.3 is 0 Å². The van der Waals surface area contributed by atoms with Gasteiger partial charge in [-0.3, -0.25) is 4.72 Å². The largest absolute Gasteiger partial charge is 0.280 e. The molecule has 0 fully saturated rings. The number of thiocarbonyl (C=S) groups is 1. The molecule has 3 rings (SSSR count). The topological polar surface area (TPSA) is 46.2 Å². The molecule has 0 unspecified atom stereocenters. The molecule has 0 aliphatic rings. The van der Waals surface area contributed by atoms with Gasteiger partial charge < -0.3 is 0 Å². The first-order chi connectivity index (χ1) is 14.1. The van der Waals surface area contributed by atoms with Crippen LogP contribution in [0.4, 0.5) is 5.69 Å². The molecule has 0 bridgehead atoms. The number of halogens is 2. The SMILES string of the molecule is Cc1cc(C)cc(CC(=S)Cc2ccc(S(=O)(=O)Nc3cc(Cl)cc(Cl)c3)cc2)c1. The lowest BCUT2D eigenvalue weighted by atomic mass is 10.0. The van der Waals surface area contributed by atoms with Gasteiger partial charge in [-0.2, -0.15) is 0 Å². The van der Waals surface area contributed by atoms with Crippen LogP contribution in [-0.2, 0) is 22.9 Å². The van der Waals surface area contributed by atoms with Crippen LogP contribution in [0.3, 0.4) is 0 Å². The fourth-order valence-corrected chi connectivity index (χ4v) is 5.20. The molecule has 0 atom stereocenters. The van der Waals surface area contributed by atoms with E-state index in [9.17, 15) is 8.42 Å². The van der Waals surface area contributed by atoms with Gasteiger partial charge in [0.2, 0.25) is 0 Å². The van der Waals surface area contributed by atoms with Gasteiger partial charge in [-0.1, -0.05) is 76.9 Å². The second-order valence-corrected chi connectivity index (χ2v) is 10.4. The van der Waals surface area contributed by atoms with Gasteiger partial charge in [0.15, 0.2) is 0 Å². The Morgan fingerprint density at radius 2 is 1.37 bits per heavy atom. The van der Waals surface area contributed by atoms with Crippen molar-refractivity contribution in [1.29, 1.82) is 0 Å². The van der Waals surface area contributed by atoms with Crippen LogP contribution in [0.25, 0.3) is 0 Å². The van der Waals surface area contributed by atoms with Gasteiger partial charge in [-0.25, -0.2) is 8.42 Å². The average molecular weight is 478 g/mol. The minimum Gasteiger partial charge on any atom is -0.280 e. The fourth-order valence-electron chi connectivity index (χ4n) is 3.30. The fraction of sp³-hybridized carbons (Fsp3) is 0.174. The molecule has 0 aliphatic heterocycles. The number of hydrogen-bond donors (Lipinski definition) is 1. The monoisotopic (exact) mass is 477 g/mol. The Morgan fingerprint density at radius 3 is 1.93 bits per heavy atom. The molecule has 0 aromatic heterocycles. The van der Waals surface area contributed by atoms with E-state index in [1.807, 2.05) is 0 Å². The minimum absolute atomic E-state index is 0.155. The number of sulfonamides is 1. The van der Waals surface area contributed by atoms with Gasteiger partial charge in [-0.05, 0) is 55.3 Å². The second-order valence-electron chi connectivity index (χ2n) is 7.30.